The van der Waals surface area contributed by atoms with E-state index in [1.807, 2.05) is 12.1 Å². The number of furan rings is 1. The summed E-state index contributed by atoms with van der Waals surface area (Å²) in [6.07, 6.45) is 8.01. The first-order valence-corrected chi connectivity index (χ1v) is 6.08. The first-order valence-electron chi connectivity index (χ1n) is 6.08. The Morgan fingerprint density at radius 1 is 1.40 bits per heavy atom. The lowest BCUT2D eigenvalue weighted by molar-refractivity contribution is 0.461. The topological polar surface area (TPSA) is 25.2 Å². The standard InChI is InChI=1S/C13H23NO/c1-3-4-5-7-12(2)14-10-9-13-8-6-11-15-13/h6,8,11-12,14H,3-5,7,9-10H2,1-2H3. The van der Waals surface area contributed by atoms with Gasteiger partial charge in [-0.3, -0.25) is 0 Å². The van der Waals surface area contributed by atoms with Crippen molar-refractivity contribution in [3.8, 4) is 0 Å². The van der Waals surface area contributed by atoms with Gasteiger partial charge >= 0.3 is 0 Å². The van der Waals surface area contributed by atoms with E-state index in [9.17, 15) is 0 Å². The largest absolute Gasteiger partial charge is 0.469 e. The molecule has 0 aliphatic heterocycles. The normalized spacial score (nSPS) is 12.9. The van der Waals surface area contributed by atoms with Gasteiger partial charge in [-0.05, 0) is 25.5 Å². The minimum Gasteiger partial charge on any atom is -0.469 e. The van der Waals surface area contributed by atoms with Crippen molar-refractivity contribution in [2.45, 2.75) is 52.0 Å². The van der Waals surface area contributed by atoms with Crippen molar-refractivity contribution in [3.05, 3.63) is 24.2 Å². The summed E-state index contributed by atoms with van der Waals surface area (Å²) < 4.78 is 5.27. The first-order chi connectivity index (χ1) is 7.33. The molecule has 1 rings (SSSR count). The zero-order valence-corrected chi connectivity index (χ0v) is 9.96. The molecule has 2 nitrogen and oxygen atoms in total. The number of nitrogens with one attached hydrogen (secondary N) is 1. The molecule has 1 atom stereocenters. The summed E-state index contributed by atoms with van der Waals surface area (Å²) in [7, 11) is 0. The van der Waals surface area contributed by atoms with E-state index in [1.165, 1.54) is 25.7 Å². The van der Waals surface area contributed by atoms with Gasteiger partial charge in [-0.2, -0.15) is 0 Å². The van der Waals surface area contributed by atoms with Gasteiger partial charge in [0.2, 0.25) is 0 Å². The fourth-order valence-electron chi connectivity index (χ4n) is 1.70. The van der Waals surface area contributed by atoms with E-state index < -0.39 is 0 Å². The molecular weight excluding hydrogens is 186 g/mol. The SMILES string of the molecule is CCCCCC(C)NCCc1ccco1. The van der Waals surface area contributed by atoms with Crippen LogP contribution in [0.2, 0.25) is 0 Å². The molecule has 0 aliphatic rings. The molecule has 0 radical (unpaired) electrons. The van der Waals surface area contributed by atoms with Gasteiger partial charge in [-0.1, -0.05) is 26.2 Å². The smallest absolute Gasteiger partial charge is 0.105 e. The van der Waals surface area contributed by atoms with Crippen molar-refractivity contribution in [2.75, 3.05) is 6.54 Å². The second-order valence-corrected chi connectivity index (χ2v) is 4.18. The molecular formula is C13H23NO. The molecule has 0 amide bonds. The van der Waals surface area contributed by atoms with Crippen molar-refractivity contribution in [1.82, 2.24) is 5.32 Å². The van der Waals surface area contributed by atoms with Crippen LogP contribution in [0.15, 0.2) is 22.8 Å². The molecule has 0 bridgehead atoms. The van der Waals surface area contributed by atoms with Crippen LogP contribution < -0.4 is 5.32 Å². The lowest BCUT2D eigenvalue weighted by Crippen LogP contribution is -2.27. The summed E-state index contributed by atoms with van der Waals surface area (Å²) in [5.41, 5.74) is 0. The number of unbranched alkanes of at least 4 members (excludes halogenated alkanes) is 2. The van der Waals surface area contributed by atoms with Gasteiger partial charge in [0.15, 0.2) is 0 Å². The quantitative estimate of drug-likeness (QED) is 0.664. The van der Waals surface area contributed by atoms with Crippen LogP contribution in [0, 0.1) is 0 Å². The Morgan fingerprint density at radius 2 is 2.27 bits per heavy atom. The molecule has 0 aliphatic carbocycles. The van der Waals surface area contributed by atoms with Gasteiger partial charge in [-0.15, -0.1) is 0 Å². The zero-order valence-electron chi connectivity index (χ0n) is 9.96. The lowest BCUT2D eigenvalue weighted by Gasteiger charge is -2.12. The lowest BCUT2D eigenvalue weighted by atomic mass is 10.1. The summed E-state index contributed by atoms with van der Waals surface area (Å²) in [5, 5.41) is 3.52. The average molecular weight is 209 g/mol. The van der Waals surface area contributed by atoms with Crippen molar-refractivity contribution in [2.24, 2.45) is 0 Å². The van der Waals surface area contributed by atoms with Crippen molar-refractivity contribution in [1.29, 1.82) is 0 Å². The summed E-state index contributed by atoms with van der Waals surface area (Å²) in [6.45, 7) is 5.52. The average Bonchev–Trinajstić information content (AvgIpc) is 2.71. The van der Waals surface area contributed by atoms with Crippen LogP contribution in [0.1, 0.15) is 45.3 Å². The molecule has 86 valence electrons. The molecule has 1 aromatic rings. The minimum atomic E-state index is 0.631. The van der Waals surface area contributed by atoms with Gasteiger partial charge in [0.25, 0.3) is 0 Å². The summed E-state index contributed by atoms with van der Waals surface area (Å²) in [6, 6.07) is 4.61. The summed E-state index contributed by atoms with van der Waals surface area (Å²) in [4.78, 5) is 0. The third kappa shape index (κ3) is 5.63. The highest BCUT2D eigenvalue weighted by molar-refractivity contribution is 4.98. The Labute approximate surface area is 93.1 Å². The van der Waals surface area contributed by atoms with E-state index in [0.717, 1.165) is 18.7 Å². The highest BCUT2D eigenvalue weighted by Crippen LogP contribution is 2.03. The van der Waals surface area contributed by atoms with Gasteiger partial charge < -0.3 is 9.73 Å². The zero-order chi connectivity index (χ0) is 10.9. The maximum absolute atomic E-state index is 5.27. The van der Waals surface area contributed by atoms with Crippen LogP contribution in [0.5, 0.6) is 0 Å². The molecule has 15 heavy (non-hydrogen) atoms. The van der Waals surface area contributed by atoms with E-state index in [0.29, 0.717) is 6.04 Å². The van der Waals surface area contributed by atoms with Crippen LogP contribution in [0.25, 0.3) is 0 Å². The van der Waals surface area contributed by atoms with Crippen molar-refractivity contribution >= 4 is 0 Å². The minimum absolute atomic E-state index is 0.631. The van der Waals surface area contributed by atoms with Crippen molar-refractivity contribution in [3.63, 3.8) is 0 Å². The fourth-order valence-corrected chi connectivity index (χ4v) is 1.70. The second kappa shape index (κ2) is 7.52. The molecule has 1 N–H and O–H groups in total. The third-order valence-corrected chi connectivity index (χ3v) is 2.68. The Hall–Kier alpha value is -0.760. The second-order valence-electron chi connectivity index (χ2n) is 4.18. The van der Waals surface area contributed by atoms with Gasteiger partial charge in [0.05, 0.1) is 6.26 Å². The molecule has 0 saturated heterocycles. The van der Waals surface area contributed by atoms with Crippen LogP contribution in [0.4, 0.5) is 0 Å². The molecule has 1 unspecified atom stereocenters. The van der Waals surface area contributed by atoms with E-state index in [-0.39, 0.29) is 0 Å². The molecule has 0 fully saturated rings. The van der Waals surface area contributed by atoms with Gasteiger partial charge in [-0.25, -0.2) is 0 Å². The number of hydrogen-bond donors (Lipinski definition) is 1. The first kappa shape index (κ1) is 12.3. The predicted octanol–water partition coefficient (Wildman–Crippen LogP) is 3.38. The van der Waals surface area contributed by atoms with Gasteiger partial charge in [0.1, 0.15) is 5.76 Å². The Kier molecular flexibility index (Phi) is 6.17. The Morgan fingerprint density at radius 3 is 2.93 bits per heavy atom. The molecule has 1 aromatic heterocycles. The van der Waals surface area contributed by atoms with Gasteiger partial charge in [0, 0.05) is 19.0 Å². The number of rotatable bonds is 8. The van der Waals surface area contributed by atoms with Crippen LogP contribution in [0.3, 0.4) is 0 Å². The van der Waals surface area contributed by atoms with Crippen LogP contribution in [-0.2, 0) is 6.42 Å². The third-order valence-electron chi connectivity index (χ3n) is 2.68. The van der Waals surface area contributed by atoms with E-state index >= 15 is 0 Å². The maximum Gasteiger partial charge on any atom is 0.105 e. The molecule has 0 aromatic carbocycles. The van der Waals surface area contributed by atoms with E-state index in [4.69, 9.17) is 4.42 Å². The molecule has 0 saturated carbocycles. The highest BCUT2D eigenvalue weighted by atomic mass is 16.3. The number of hydrogen-bond acceptors (Lipinski definition) is 2. The Balaban J connectivity index is 1.99. The fraction of sp³-hybridized carbons (Fsp3) is 0.692. The molecule has 1 heterocycles. The van der Waals surface area contributed by atoms with Crippen molar-refractivity contribution < 1.29 is 4.42 Å². The molecule has 2 heteroatoms. The molecule has 0 spiro atoms. The summed E-state index contributed by atoms with van der Waals surface area (Å²) >= 11 is 0. The van der Waals surface area contributed by atoms with E-state index in [1.54, 1.807) is 6.26 Å². The highest BCUT2D eigenvalue weighted by Gasteiger charge is 2.01. The summed E-state index contributed by atoms with van der Waals surface area (Å²) in [5.74, 6) is 1.07. The van der Waals surface area contributed by atoms with E-state index in [2.05, 4.69) is 19.2 Å². The van der Waals surface area contributed by atoms with Crippen LogP contribution >= 0.6 is 0 Å². The Bertz CT molecular complexity index is 231. The van der Waals surface area contributed by atoms with Crippen LogP contribution in [-0.4, -0.2) is 12.6 Å². The monoisotopic (exact) mass is 209 g/mol. The predicted molar refractivity (Wildman–Crippen MR) is 64.0 cm³/mol. The maximum atomic E-state index is 5.27.